The number of ether oxygens (including phenoxy) is 1. The van der Waals surface area contributed by atoms with Gasteiger partial charge in [-0.2, -0.15) is 0 Å². The minimum absolute atomic E-state index is 0.129. The molecule has 0 aromatic carbocycles. The molecule has 7 nitrogen and oxygen atoms in total. The van der Waals surface area contributed by atoms with Crippen molar-refractivity contribution < 1.29 is 14.9 Å². The van der Waals surface area contributed by atoms with E-state index in [1.807, 2.05) is 0 Å². The van der Waals surface area contributed by atoms with Gasteiger partial charge in [-0.25, -0.2) is 4.79 Å². The third-order valence-electron chi connectivity index (χ3n) is 4.03. The molecule has 2 aliphatic heterocycles. The van der Waals surface area contributed by atoms with Crippen LogP contribution < -0.4 is 11.2 Å². The van der Waals surface area contributed by atoms with E-state index in [9.17, 15) is 14.7 Å². The standard InChI is InChI=1S/C11H12B3N2O5/c12-9-11(13,14-9)4-2-16(10(20)15-8(4)19)7-1-5(18)6(3-17)21-7/h2,5-7,9,17-18H,1,3H2,(H,15,19,20)/t5-,6+,7+,9?,11?/m0/s1. The average molecular weight is 285 g/mol. The van der Waals surface area contributed by atoms with Crippen molar-refractivity contribution in [3.8, 4) is 0 Å². The summed E-state index contributed by atoms with van der Waals surface area (Å²) < 4.78 is 6.56. The number of nitrogens with one attached hydrogen (secondary N) is 1. The van der Waals surface area contributed by atoms with Gasteiger partial charge in [0.15, 0.2) is 0 Å². The second-order valence-electron chi connectivity index (χ2n) is 5.45. The Morgan fingerprint density at radius 1 is 1.57 bits per heavy atom. The number of H-pyrrole nitrogens is 1. The molecule has 0 saturated carbocycles. The molecule has 5 atom stereocenters. The molecule has 105 valence electrons. The van der Waals surface area contributed by atoms with Crippen LogP contribution in [0.5, 0.6) is 0 Å². The molecule has 2 unspecified atom stereocenters. The lowest BCUT2D eigenvalue weighted by Crippen LogP contribution is -2.37. The first kappa shape index (κ1) is 14.7. The third-order valence-corrected chi connectivity index (χ3v) is 4.03. The smallest absolute Gasteiger partial charge is 0.330 e. The number of hydrogen-bond donors (Lipinski definition) is 3. The highest BCUT2D eigenvalue weighted by Gasteiger charge is 2.49. The Balaban J connectivity index is 1.99. The van der Waals surface area contributed by atoms with Gasteiger partial charge in [0.1, 0.15) is 19.6 Å². The van der Waals surface area contributed by atoms with Crippen LogP contribution in [-0.2, 0) is 9.95 Å². The predicted molar refractivity (Wildman–Crippen MR) is 75.6 cm³/mol. The third kappa shape index (κ3) is 2.31. The van der Waals surface area contributed by atoms with E-state index < -0.39 is 40.6 Å². The van der Waals surface area contributed by atoms with Gasteiger partial charge >= 0.3 is 5.69 Å². The van der Waals surface area contributed by atoms with E-state index in [1.165, 1.54) is 6.20 Å². The minimum atomic E-state index is -1.06. The topological polar surface area (TPSA) is 105 Å². The zero-order valence-electron chi connectivity index (χ0n) is 11.1. The zero-order chi connectivity index (χ0) is 15.4. The van der Waals surface area contributed by atoms with Gasteiger partial charge < -0.3 is 14.9 Å². The van der Waals surface area contributed by atoms with Gasteiger partial charge in [-0.3, -0.25) is 14.3 Å². The van der Waals surface area contributed by atoms with Crippen LogP contribution in [0, 0.1) is 0 Å². The summed E-state index contributed by atoms with van der Waals surface area (Å²) in [6, 6.07) is 0. The molecular formula is C11H12B3N2O5. The molecule has 1 aromatic rings. The molecule has 0 spiro atoms. The van der Waals surface area contributed by atoms with Crippen molar-refractivity contribution in [3.63, 3.8) is 0 Å². The van der Waals surface area contributed by atoms with E-state index in [-0.39, 0.29) is 18.6 Å². The lowest BCUT2D eigenvalue weighted by atomic mass is 9.66. The minimum Gasteiger partial charge on any atom is -0.394 e. The molecule has 1 aromatic heterocycles. The van der Waals surface area contributed by atoms with Crippen molar-refractivity contribution in [2.75, 3.05) is 6.61 Å². The summed E-state index contributed by atoms with van der Waals surface area (Å²) in [5.74, 6) is 0. The molecule has 2 fully saturated rings. The first-order valence-corrected chi connectivity index (χ1v) is 6.57. The molecule has 0 aliphatic carbocycles. The lowest BCUT2D eigenvalue weighted by Gasteiger charge is -2.18. The molecule has 0 bridgehead atoms. The van der Waals surface area contributed by atoms with E-state index in [0.29, 0.717) is 0 Å². The summed E-state index contributed by atoms with van der Waals surface area (Å²) in [6.07, 6.45) is -0.993. The molecule has 3 N–H and O–H groups in total. The first-order chi connectivity index (χ1) is 9.86. The first-order valence-electron chi connectivity index (χ1n) is 6.57. The predicted octanol–water partition coefficient (Wildman–Crippen LogP) is -2.87. The van der Waals surface area contributed by atoms with Crippen molar-refractivity contribution in [3.05, 3.63) is 32.6 Å². The number of aliphatic hydroxyl groups excluding tert-OH is 2. The second-order valence-corrected chi connectivity index (χ2v) is 5.45. The highest BCUT2D eigenvalue weighted by atomic mass is 16.5. The van der Waals surface area contributed by atoms with Crippen LogP contribution in [-0.4, -0.2) is 61.6 Å². The van der Waals surface area contributed by atoms with Gasteiger partial charge in [-0.05, 0) is 0 Å². The summed E-state index contributed by atoms with van der Waals surface area (Å²) in [7, 11) is 13.2. The van der Waals surface area contributed by atoms with Crippen molar-refractivity contribution in [1.82, 2.24) is 9.55 Å². The summed E-state index contributed by atoms with van der Waals surface area (Å²) in [5.41, 5.74) is -1.55. The van der Waals surface area contributed by atoms with Crippen LogP contribution in [0.25, 0.3) is 0 Å². The van der Waals surface area contributed by atoms with Crippen molar-refractivity contribution in [1.29, 1.82) is 0 Å². The monoisotopic (exact) mass is 285 g/mol. The highest BCUT2D eigenvalue weighted by molar-refractivity contribution is 6.77. The summed E-state index contributed by atoms with van der Waals surface area (Å²) in [6.45, 7) is -0.359. The van der Waals surface area contributed by atoms with Crippen molar-refractivity contribution in [2.45, 2.75) is 35.8 Å². The van der Waals surface area contributed by atoms with Gasteiger partial charge in [-0.1, -0.05) is 5.21 Å². The summed E-state index contributed by atoms with van der Waals surface area (Å²) >= 11 is 0. The molecule has 3 rings (SSSR count). The molecule has 0 amide bonds. The number of nitrogens with zero attached hydrogens (tertiary/aromatic N) is 1. The van der Waals surface area contributed by atoms with E-state index in [2.05, 4.69) is 4.98 Å². The summed E-state index contributed by atoms with van der Waals surface area (Å²) in [4.78, 5) is 26.0. The Morgan fingerprint density at radius 2 is 2.24 bits per heavy atom. The van der Waals surface area contributed by atoms with Gasteiger partial charge in [0, 0.05) is 18.2 Å². The number of hydrogen-bond acceptors (Lipinski definition) is 5. The van der Waals surface area contributed by atoms with Crippen molar-refractivity contribution >= 4 is 23.0 Å². The fraction of sp³-hybridized carbons (Fsp3) is 0.636. The number of aromatic amines is 1. The van der Waals surface area contributed by atoms with E-state index in [1.54, 1.807) is 7.28 Å². The highest BCUT2D eigenvalue weighted by Crippen LogP contribution is 2.44. The molecule has 10 heteroatoms. The zero-order valence-corrected chi connectivity index (χ0v) is 11.1. The molecule has 3 heterocycles. The Morgan fingerprint density at radius 3 is 2.76 bits per heavy atom. The van der Waals surface area contributed by atoms with E-state index in [0.717, 1.165) is 4.57 Å². The Kier molecular flexibility index (Phi) is 3.42. The number of aromatic nitrogens is 2. The normalized spacial score (nSPS) is 38.2. The Hall–Kier alpha value is -1.25. The molecule has 5 radical (unpaired) electrons. The van der Waals surface area contributed by atoms with Gasteiger partial charge in [-0.15, -0.1) is 5.72 Å². The summed E-state index contributed by atoms with van der Waals surface area (Å²) in [5, 5.41) is 17.7. The molecule has 2 saturated heterocycles. The Bertz CT molecular complexity index is 677. The SMILES string of the molecule is [B]C1[B]C1([B])c1cn([C@H]2C[C@H](O)[C@@H](CO)O2)c(=O)[nH]c1=O. The molecule has 2 aliphatic rings. The maximum Gasteiger partial charge on any atom is 0.330 e. The second kappa shape index (κ2) is 4.89. The van der Waals surface area contributed by atoms with Gasteiger partial charge in [0.2, 0.25) is 0 Å². The molecular weight excluding hydrogens is 273 g/mol. The number of aliphatic hydroxyl groups is 2. The van der Waals surface area contributed by atoms with Crippen LogP contribution in [0.15, 0.2) is 15.8 Å². The fourth-order valence-electron chi connectivity index (χ4n) is 2.58. The number of rotatable bonds is 3. The van der Waals surface area contributed by atoms with Gasteiger partial charge in [0.05, 0.1) is 28.4 Å². The average Bonchev–Trinajstić information content (AvgIpc) is 2.86. The fourth-order valence-corrected chi connectivity index (χ4v) is 2.58. The Labute approximate surface area is 123 Å². The molecule has 21 heavy (non-hydrogen) atoms. The van der Waals surface area contributed by atoms with E-state index >= 15 is 0 Å². The maximum atomic E-state index is 11.9. The van der Waals surface area contributed by atoms with Crippen LogP contribution in [0.2, 0.25) is 5.72 Å². The van der Waals surface area contributed by atoms with E-state index in [4.69, 9.17) is 25.5 Å². The van der Waals surface area contributed by atoms with Gasteiger partial charge in [0.25, 0.3) is 5.56 Å². The van der Waals surface area contributed by atoms with Crippen LogP contribution in [0.4, 0.5) is 0 Å². The van der Waals surface area contributed by atoms with Crippen LogP contribution in [0.3, 0.4) is 0 Å². The van der Waals surface area contributed by atoms with Crippen molar-refractivity contribution in [2.24, 2.45) is 0 Å². The quantitative estimate of drug-likeness (QED) is 0.518. The van der Waals surface area contributed by atoms with Crippen LogP contribution in [0.1, 0.15) is 18.2 Å². The van der Waals surface area contributed by atoms with Crippen LogP contribution >= 0.6 is 0 Å². The lowest BCUT2D eigenvalue weighted by molar-refractivity contribution is -0.0460. The maximum absolute atomic E-state index is 11.9. The largest absolute Gasteiger partial charge is 0.394 e.